The standard InChI is InChI=1S/C16H22N2O2/c1-4-9-17-10-14-7-5-6-8-16(14)19-11-15-12(2)18-20-13(15)3/h5-8,17H,4,9-11H2,1-3H3. The van der Waals surface area contributed by atoms with Gasteiger partial charge in [0.15, 0.2) is 0 Å². The van der Waals surface area contributed by atoms with E-state index >= 15 is 0 Å². The number of nitrogens with zero attached hydrogens (tertiary/aromatic N) is 1. The molecule has 20 heavy (non-hydrogen) atoms. The number of hydrogen-bond acceptors (Lipinski definition) is 4. The first-order valence-corrected chi connectivity index (χ1v) is 7.05. The van der Waals surface area contributed by atoms with Gasteiger partial charge in [0.2, 0.25) is 0 Å². The van der Waals surface area contributed by atoms with Crippen molar-refractivity contribution in [2.24, 2.45) is 0 Å². The summed E-state index contributed by atoms with van der Waals surface area (Å²) in [7, 11) is 0. The van der Waals surface area contributed by atoms with Crippen LogP contribution in [0.1, 0.15) is 35.9 Å². The molecule has 0 aliphatic rings. The van der Waals surface area contributed by atoms with Crippen LogP contribution in [-0.2, 0) is 13.2 Å². The molecular weight excluding hydrogens is 252 g/mol. The third kappa shape index (κ3) is 3.61. The highest BCUT2D eigenvalue weighted by atomic mass is 16.5. The minimum atomic E-state index is 0.492. The first-order chi connectivity index (χ1) is 9.72. The molecule has 1 aromatic heterocycles. The quantitative estimate of drug-likeness (QED) is 0.786. The molecule has 4 heteroatoms. The van der Waals surface area contributed by atoms with Gasteiger partial charge in [-0.3, -0.25) is 0 Å². The van der Waals surface area contributed by atoms with Gasteiger partial charge in [-0.1, -0.05) is 30.3 Å². The zero-order chi connectivity index (χ0) is 14.4. The number of ether oxygens (including phenoxy) is 1. The molecule has 0 radical (unpaired) electrons. The molecule has 0 fully saturated rings. The van der Waals surface area contributed by atoms with Gasteiger partial charge in [-0.25, -0.2) is 0 Å². The van der Waals surface area contributed by atoms with Crippen molar-refractivity contribution in [1.82, 2.24) is 10.5 Å². The largest absolute Gasteiger partial charge is 0.488 e. The summed E-state index contributed by atoms with van der Waals surface area (Å²) in [4.78, 5) is 0. The predicted molar refractivity (Wildman–Crippen MR) is 78.7 cm³/mol. The molecule has 4 nitrogen and oxygen atoms in total. The maximum atomic E-state index is 5.93. The van der Waals surface area contributed by atoms with Crippen molar-refractivity contribution in [3.8, 4) is 5.75 Å². The number of hydrogen-bond donors (Lipinski definition) is 1. The molecule has 2 rings (SSSR count). The number of para-hydroxylation sites is 1. The molecule has 0 unspecified atom stereocenters. The second kappa shape index (κ2) is 7.10. The molecule has 0 bridgehead atoms. The van der Waals surface area contributed by atoms with Crippen molar-refractivity contribution in [2.45, 2.75) is 40.3 Å². The maximum Gasteiger partial charge on any atom is 0.140 e. The lowest BCUT2D eigenvalue weighted by Gasteiger charge is -2.11. The van der Waals surface area contributed by atoms with Crippen molar-refractivity contribution in [2.75, 3.05) is 6.54 Å². The van der Waals surface area contributed by atoms with Crippen LogP contribution in [-0.4, -0.2) is 11.7 Å². The van der Waals surface area contributed by atoms with Gasteiger partial charge in [0, 0.05) is 12.1 Å². The predicted octanol–water partition coefficient (Wildman–Crippen LogP) is 3.37. The van der Waals surface area contributed by atoms with Crippen LogP contribution in [0.2, 0.25) is 0 Å². The van der Waals surface area contributed by atoms with E-state index in [4.69, 9.17) is 9.26 Å². The Kier molecular flexibility index (Phi) is 5.18. The van der Waals surface area contributed by atoms with E-state index in [2.05, 4.69) is 23.5 Å². The second-order valence-corrected chi connectivity index (χ2v) is 4.88. The van der Waals surface area contributed by atoms with Crippen LogP contribution in [0.3, 0.4) is 0 Å². The van der Waals surface area contributed by atoms with Gasteiger partial charge in [-0.15, -0.1) is 0 Å². The van der Waals surface area contributed by atoms with Crippen molar-refractivity contribution >= 4 is 0 Å². The van der Waals surface area contributed by atoms with E-state index in [-0.39, 0.29) is 0 Å². The minimum absolute atomic E-state index is 0.492. The minimum Gasteiger partial charge on any atom is -0.488 e. The molecular formula is C16H22N2O2. The smallest absolute Gasteiger partial charge is 0.140 e. The van der Waals surface area contributed by atoms with Crippen molar-refractivity contribution in [3.05, 3.63) is 46.8 Å². The first-order valence-electron chi connectivity index (χ1n) is 7.05. The third-order valence-corrected chi connectivity index (χ3v) is 3.27. The summed E-state index contributed by atoms with van der Waals surface area (Å²) in [5.41, 5.74) is 3.10. The second-order valence-electron chi connectivity index (χ2n) is 4.88. The Labute approximate surface area is 120 Å². The van der Waals surface area contributed by atoms with Crippen molar-refractivity contribution in [3.63, 3.8) is 0 Å². The average molecular weight is 274 g/mol. The summed E-state index contributed by atoms with van der Waals surface area (Å²) in [6.45, 7) is 8.33. The van der Waals surface area contributed by atoms with Gasteiger partial charge >= 0.3 is 0 Å². The Hall–Kier alpha value is -1.81. The molecule has 0 aliphatic carbocycles. The SMILES string of the molecule is CCCNCc1ccccc1OCc1c(C)noc1C. The van der Waals surface area contributed by atoms with E-state index < -0.39 is 0 Å². The number of aromatic nitrogens is 1. The normalized spacial score (nSPS) is 10.8. The van der Waals surface area contributed by atoms with Crippen LogP contribution in [0, 0.1) is 13.8 Å². The molecule has 2 aromatic rings. The van der Waals surface area contributed by atoms with Crippen molar-refractivity contribution in [1.29, 1.82) is 0 Å². The zero-order valence-electron chi connectivity index (χ0n) is 12.4. The van der Waals surface area contributed by atoms with Gasteiger partial charge in [0.1, 0.15) is 18.1 Å². The molecule has 0 amide bonds. The molecule has 0 saturated heterocycles. The topological polar surface area (TPSA) is 47.3 Å². The summed E-state index contributed by atoms with van der Waals surface area (Å²) >= 11 is 0. The van der Waals surface area contributed by atoms with E-state index in [1.54, 1.807) is 0 Å². The molecule has 1 aromatic carbocycles. The number of nitrogens with one attached hydrogen (secondary N) is 1. The Morgan fingerprint density at radius 3 is 2.75 bits per heavy atom. The van der Waals surface area contributed by atoms with Crippen LogP contribution < -0.4 is 10.1 Å². The summed E-state index contributed by atoms with van der Waals surface area (Å²) in [6.07, 6.45) is 1.13. The molecule has 1 N–H and O–H groups in total. The number of benzene rings is 1. The van der Waals surface area contributed by atoms with Gasteiger partial charge in [-0.2, -0.15) is 0 Å². The molecule has 108 valence electrons. The highest BCUT2D eigenvalue weighted by molar-refractivity contribution is 5.33. The third-order valence-electron chi connectivity index (χ3n) is 3.27. The fourth-order valence-electron chi connectivity index (χ4n) is 2.05. The molecule has 0 atom stereocenters. The van der Waals surface area contributed by atoms with Crippen LogP contribution >= 0.6 is 0 Å². The van der Waals surface area contributed by atoms with Gasteiger partial charge in [0.25, 0.3) is 0 Å². The van der Waals surface area contributed by atoms with E-state index in [1.165, 1.54) is 5.56 Å². The highest BCUT2D eigenvalue weighted by Gasteiger charge is 2.10. The lowest BCUT2D eigenvalue weighted by Crippen LogP contribution is -2.14. The van der Waals surface area contributed by atoms with E-state index in [1.807, 2.05) is 32.0 Å². The molecule has 0 aliphatic heterocycles. The lowest BCUT2D eigenvalue weighted by atomic mass is 10.2. The van der Waals surface area contributed by atoms with Gasteiger partial charge in [-0.05, 0) is 32.9 Å². The Morgan fingerprint density at radius 1 is 1.25 bits per heavy atom. The maximum absolute atomic E-state index is 5.93. The number of aryl methyl sites for hydroxylation is 2. The van der Waals surface area contributed by atoms with Crippen molar-refractivity contribution < 1.29 is 9.26 Å². The average Bonchev–Trinajstić information content (AvgIpc) is 2.77. The van der Waals surface area contributed by atoms with E-state index in [0.717, 1.165) is 42.3 Å². The molecule has 0 spiro atoms. The summed E-state index contributed by atoms with van der Waals surface area (Å²) < 4.78 is 11.1. The highest BCUT2D eigenvalue weighted by Crippen LogP contribution is 2.21. The Bertz CT molecular complexity index is 530. The monoisotopic (exact) mass is 274 g/mol. The summed E-state index contributed by atoms with van der Waals surface area (Å²) in [5, 5.41) is 7.34. The van der Waals surface area contributed by atoms with Gasteiger partial charge < -0.3 is 14.6 Å². The fourth-order valence-corrected chi connectivity index (χ4v) is 2.05. The first kappa shape index (κ1) is 14.6. The van der Waals surface area contributed by atoms with Crippen LogP contribution in [0.25, 0.3) is 0 Å². The summed E-state index contributed by atoms with van der Waals surface area (Å²) in [5.74, 6) is 1.74. The molecule has 0 saturated carbocycles. The van der Waals surface area contributed by atoms with Crippen LogP contribution in [0.5, 0.6) is 5.75 Å². The Morgan fingerprint density at radius 2 is 2.05 bits per heavy atom. The molecule has 1 heterocycles. The van der Waals surface area contributed by atoms with E-state index in [0.29, 0.717) is 6.61 Å². The van der Waals surface area contributed by atoms with E-state index in [9.17, 15) is 0 Å². The summed E-state index contributed by atoms with van der Waals surface area (Å²) in [6, 6.07) is 8.12. The lowest BCUT2D eigenvalue weighted by molar-refractivity contribution is 0.298. The Balaban J connectivity index is 2.02. The van der Waals surface area contributed by atoms with Crippen LogP contribution in [0.15, 0.2) is 28.8 Å². The number of rotatable bonds is 7. The van der Waals surface area contributed by atoms with Crippen LogP contribution in [0.4, 0.5) is 0 Å². The zero-order valence-corrected chi connectivity index (χ0v) is 12.4. The fraction of sp³-hybridized carbons (Fsp3) is 0.438. The van der Waals surface area contributed by atoms with Gasteiger partial charge in [0.05, 0.1) is 11.3 Å².